The van der Waals surface area contributed by atoms with Gasteiger partial charge in [-0.05, 0) is 44.9 Å². The number of amides is 1. The summed E-state index contributed by atoms with van der Waals surface area (Å²) < 4.78 is 19.4. The van der Waals surface area contributed by atoms with E-state index in [4.69, 9.17) is 19.2 Å². The molecule has 9 heteroatoms. The number of carbonyl (C=O) groups is 1. The Kier molecular flexibility index (Phi) is 5.92. The van der Waals surface area contributed by atoms with Crippen molar-refractivity contribution in [1.82, 2.24) is 14.8 Å². The van der Waals surface area contributed by atoms with E-state index in [2.05, 4.69) is 5.10 Å². The van der Waals surface area contributed by atoms with E-state index in [-0.39, 0.29) is 12.0 Å². The zero-order valence-corrected chi connectivity index (χ0v) is 18.5. The molecule has 30 heavy (non-hydrogen) atoms. The molecule has 0 radical (unpaired) electrons. The Hall–Kier alpha value is -2.65. The molecule has 0 saturated carbocycles. The van der Waals surface area contributed by atoms with Crippen molar-refractivity contribution in [1.29, 1.82) is 0 Å². The first-order chi connectivity index (χ1) is 14.5. The van der Waals surface area contributed by atoms with Crippen LogP contribution in [0, 0.1) is 6.92 Å². The number of methoxy groups -OCH3 is 2. The number of thiazole rings is 1. The van der Waals surface area contributed by atoms with Crippen molar-refractivity contribution in [3.05, 3.63) is 29.6 Å². The van der Waals surface area contributed by atoms with Gasteiger partial charge >= 0.3 is 0 Å². The minimum Gasteiger partial charge on any atom is -0.495 e. The zero-order chi connectivity index (χ0) is 21.3. The summed E-state index contributed by atoms with van der Waals surface area (Å²) in [4.78, 5) is 20.1. The standard InChI is InChI=1S/C21H26N4O4S/c1-5-25-15(11-13(2)23-25)20(26)24(12-14-7-6-10-29-14)21-22-18-16(27-3)8-9-17(28-4)19(18)30-21/h8-9,11,14H,5-7,10,12H2,1-4H3/t14-/m1/s1. The number of ether oxygens (including phenoxy) is 3. The summed E-state index contributed by atoms with van der Waals surface area (Å²) in [6, 6.07) is 5.50. The zero-order valence-electron chi connectivity index (χ0n) is 17.7. The summed E-state index contributed by atoms with van der Waals surface area (Å²) in [7, 11) is 3.23. The topological polar surface area (TPSA) is 78.7 Å². The quantitative estimate of drug-likeness (QED) is 0.569. The molecule has 1 saturated heterocycles. The monoisotopic (exact) mass is 430 g/mol. The molecule has 1 aliphatic heterocycles. The maximum atomic E-state index is 13.6. The molecule has 0 N–H and O–H groups in total. The van der Waals surface area contributed by atoms with Gasteiger partial charge < -0.3 is 14.2 Å². The smallest absolute Gasteiger partial charge is 0.278 e. The molecule has 1 atom stereocenters. The Bertz CT molecular complexity index is 1010. The Labute approximate surface area is 179 Å². The van der Waals surface area contributed by atoms with E-state index in [1.54, 1.807) is 23.8 Å². The van der Waals surface area contributed by atoms with Crippen LogP contribution in [0.1, 0.15) is 35.9 Å². The highest BCUT2D eigenvalue weighted by Gasteiger charge is 2.30. The van der Waals surface area contributed by atoms with Crippen molar-refractivity contribution in [3.63, 3.8) is 0 Å². The summed E-state index contributed by atoms with van der Waals surface area (Å²) in [5.74, 6) is 1.21. The second-order valence-corrected chi connectivity index (χ2v) is 8.16. The van der Waals surface area contributed by atoms with E-state index in [1.807, 2.05) is 32.0 Å². The van der Waals surface area contributed by atoms with Gasteiger partial charge in [0.25, 0.3) is 5.91 Å². The lowest BCUT2D eigenvalue weighted by Crippen LogP contribution is -2.38. The molecular formula is C21H26N4O4S. The number of rotatable bonds is 7. The van der Waals surface area contributed by atoms with E-state index < -0.39 is 0 Å². The van der Waals surface area contributed by atoms with Crippen LogP contribution in [-0.2, 0) is 11.3 Å². The number of benzene rings is 1. The van der Waals surface area contributed by atoms with Crippen molar-refractivity contribution >= 4 is 32.6 Å². The summed E-state index contributed by atoms with van der Waals surface area (Å²) in [6.45, 7) is 5.64. The maximum absolute atomic E-state index is 13.6. The average molecular weight is 431 g/mol. The first kappa shape index (κ1) is 20.6. The number of aromatic nitrogens is 3. The lowest BCUT2D eigenvalue weighted by Gasteiger charge is -2.23. The molecule has 0 bridgehead atoms. The first-order valence-electron chi connectivity index (χ1n) is 10.0. The second kappa shape index (κ2) is 8.61. The van der Waals surface area contributed by atoms with E-state index in [0.717, 1.165) is 29.8 Å². The van der Waals surface area contributed by atoms with Crippen LogP contribution in [0.4, 0.5) is 5.13 Å². The normalized spacial score (nSPS) is 16.2. The van der Waals surface area contributed by atoms with E-state index >= 15 is 0 Å². The maximum Gasteiger partial charge on any atom is 0.278 e. The van der Waals surface area contributed by atoms with Gasteiger partial charge in [-0.25, -0.2) is 4.98 Å². The highest BCUT2D eigenvalue weighted by molar-refractivity contribution is 7.22. The van der Waals surface area contributed by atoms with Crippen LogP contribution < -0.4 is 14.4 Å². The van der Waals surface area contributed by atoms with Crippen molar-refractivity contribution in [2.45, 2.75) is 39.3 Å². The van der Waals surface area contributed by atoms with Gasteiger partial charge in [-0.1, -0.05) is 11.3 Å². The molecule has 2 aromatic heterocycles. The third-order valence-corrected chi connectivity index (χ3v) is 6.30. The second-order valence-electron chi connectivity index (χ2n) is 7.18. The number of carbonyl (C=O) groups excluding carboxylic acids is 1. The van der Waals surface area contributed by atoms with Gasteiger partial charge in [0.1, 0.15) is 27.4 Å². The van der Waals surface area contributed by atoms with Crippen molar-refractivity contribution in [2.24, 2.45) is 0 Å². The molecule has 1 fully saturated rings. The minimum absolute atomic E-state index is 0.0103. The van der Waals surface area contributed by atoms with E-state index in [9.17, 15) is 4.79 Å². The van der Waals surface area contributed by atoms with Gasteiger partial charge in [-0.15, -0.1) is 0 Å². The molecular weight excluding hydrogens is 404 g/mol. The van der Waals surface area contributed by atoms with E-state index in [0.29, 0.717) is 40.9 Å². The van der Waals surface area contributed by atoms with Gasteiger partial charge in [0, 0.05) is 13.2 Å². The lowest BCUT2D eigenvalue weighted by molar-refractivity contribution is 0.0908. The molecule has 4 rings (SSSR count). The molecule has 1 aliphatic rings. The Morgan fingerprint density at radius 3 is 2.77 bits per heavy atom. The molecule has 3 heterocycles. The van der Waals surface area contributed by atoms with Crippen molar-refractivity contribution in [3.8, 4) is 11.5 Å². The van der Waals surface area contributed by atoms with Crippen LogP contribution in [-0.4, -0.2) is 54.1 Å². The van der Waals surface area contributed by atoms with Crippen LogP contribution in [0.25, 0.3) is 10.2 Å². The Balaban J connectivity index is 1.80. The van der Waals surface area contributed by atoms with Gasteiger partial charge in [0.2, 0.25) is 0 Å². The fourth-order valence-electron chi connectivity index (χ4n) is 3.73. The number of aryl methyl sites for hydroxylation is 2. The minimum atomic E-state index is -0.134. The molecule has 3 aromatic rings. The van der Waals surface area contributed by atoms with Crippen LogP contribution in [0.2, 0.25) is 0 Å². The van der Waals surface area contributed by atoms with Crippen LogP contribution in [0.5, 0.6) is 11.5 Å². The van der Waals surface area contributed by atoms with E-state index in [1.165, 1.54) is 11.3 Å². The fraction of sp³-hybridized carbons (Fsp3) is 0.476. The van der Waals surface area contributed by atoms with Crippen LogP contribution in [0.15, 0.2) is 18.2 Å². The summed E-state index contributed by atoms with van der Waals surface area (Å²) in [6.07, 6.45) is 1.91. The molecule has 0 spiro atoms. The predicted octanol–water partition coefficient (Wildman–Crippen LogP) is 3.66. The predicted molar refractivity (Wildman–Crippen MR) is 116 cm³/mol. The number of hydrogen-bond acceptors (Lipinski definition) is 7. The Morgan fingerprint density at radius 2 is 2.10 bits per heavy atom. The van der Waals surface area contributed by atoms with Gasteiger partial charge in [-0.2, -0.15) is 5.10 Å². The highest BCUT2D eigenvalue weighted by atomic mass is 32.1. The molecule has 160 valence electrons. The largest absolute Gasteiger partial charge is 0.495 e. The highest BCUT2D eigenvalue weighted by Crippen LogP contribution is 2.40. The van der Waals surface area contributed by atoms with Gasteiger partial charge in [0.15, 0.2) is 5.13 Å². The van der Waals surface area contributed by atoms with Gasteiger partial charge in [0.05, 0.1) is 32.6 Å². The Morgan fingerprint density at radius 1 is 1.33 bits per heavy atom. The van der Waals surface area contributed by atoms with Crippen LogP contribution >= 0.6 is 11.3 Å². The fourth-order valence-corrected chi connectivity index (χ4v) is 4.81. The van der Waals surface area contributed by atoms with Crippen LogP contribution in [0.3, 0.4) is 0 Å². The molecule has 8 nitrogen and oxygen atoms in total. The molecule has 1 amide bonds. The molecule has 1 aromatic carbocycles. The SMILES string of the molecule is CCn1nc(C)cc1C(=O)N(C[C@H]1CCCO1)c1nc2c(OC)ccc(OC)c2s1. The number of anilines is 1. The number of fused-ring (bicyclic) bond motifs is 1. The third-order valence-electron chi connectivity index (χ3n) is 5.21. The average Bonchev–Trinajstić information content (AvgIpc) is 3.49. The van der Waals surface area contributed by atoms with Gasteiger partial charge in [-0.3, -0.25) is 14.4 Å². The summed E-state index contributed by atoms with van der Waals surface area (Å²) in [5, 5.41) is 5.03. The first-order valence-corrected chi connectivity index (χ1v) is 10.9. The van der Waals surface area contributed by atoms with Crippen molar-refractivity contribution < 1.29 is 19.0 Å². The molecule has 0 unspecified atom stereocenters. The number of nitrogens with zero attached hydrogens (tertiary/aromatic N) is 4. The third kappa shape index (κ3) is 3.75. The summed E-state index contributed by atoms with van der Waals surface area (Å²) in [5.41, 5.74) is 2.04. The number of hydrogen-bond donors (Lipinski definition) is 0. The summed E-state index contributed by atoms with van der Waals surface area (Å²) >= 11 is 1.42. The lowest BCUT2D eigenvalue weighted by atomic mass is 10.2. The molecule has 0 aliphatic carbocycles. The van der Waals surface area contributed by atoms with Crippen molar-refractivity contribution in [2.75, 3.05) is 32.3 Å².